The molecule has 100 valence electrons. The van der Waals surface area contributed by atoms with Crippen molar-refractivity contribution < 1.29 is 14.7 Å². The first kappa shape index (κ1) is 12.0. The van der Waals surface area contributed by atoms with Gasteiger partial charge in [-0.05, 0) is 24.7 Å². The van der Waals surface area contributed by atoms with E-state index in [0.717, 1.165) is 12.8 Å². The maximum absolute atomic E-state index is 12.1. The number of nitrogens with zero attached hydrogens (tertiary/aromatic N) is 2. The average molecular weight is 261 g/mol. The highest BCUT2D eigenvalue weighted by Gasteiger charge is 2.39. The number of allylic oxidation sites excluding steroid dienone is 2. The number of carbonyl (C=O) groups excluding carboxylic acids is 1. The van der Waals surface area contributed by atoms with Crippen molar-refractivity contribution in [2.24, 2.45) is 17.8 Å². The molecule has 2 bridgehead atoms. The summed E-state index contributed by atoms with van der Waals surface area (Å²) in [6, 6.07) is 1.61. The van der Waals surface area contributed by atoms with Crippen LogP contribution in [0, 0.1) is 17.8 Å². The molecule has 6 nitrogen and oxygen atoms in total. The van der Waals surface area contributed by atoms with Gasteiger partial charge in [-0.3, -0.25) is 14.3 Å². The zero-order valence-corrected chi connectivity index (χ0v) is 10.3. The van der Waals surface area contributed by atoms with Gasteiger partial charge < -0.3 is 10.4 Å². The number of rotatable bonds is 4. The van der Waals surface area contributed by atoms with Gasteiger partial charge in [-0.1, -0.05) is 12.2 Å². The van der Waals surface area contributed by atoms with Gasteiger partial charge in [0.15, 0.2) is 5.82 Å². The fourth-order valence-corrected chi connectivity index (χ4v) is 2.96. The number of fused-ring (bicyclic) bond motifs is 2. The Kier molecular flexibility index (Phi) is 2.85. The predicted octanol–water partition coefficient (Wildman–Crippen LogP) is 1.12. The normalized spacial score (nSPS) is 27.7. The molecule has 19 heavy (non-hydrogen) atoms. The molecule has 2 aliphatic rings. The zero-order chi connectivity index (χ0) is 13.4. The highest BCUT2D eigenvalue weighted by atomic mass is 16.4. The number of amides is 1. The Labute approximate surface area is 110 Å². The van der Waals surface area contributed by atoms with Crippen molar-refractivity contribution in [2.45, 2.75) is 19.4 Å². The highest BCUT2D eigenvalue weighted by molar-refractivity contribution is 5.92. The molecule has 2 aliphatic carbocycles. The van der Waals surface area contributed by atoms with E-state index in [9.17, 15) is 9.59 Å². The van der Waals surface area contributed by atoms with E-state index in [-0.39, 0.29) is 18.4 Å². The van der Waals surface area contributed by atoms with Gasteiger partial charge in [-0.25, -0.2) is 0 Å². The number of aliphatic carboxylic acids is 1. The minimum atomic E-state index is -0.959. The van der Waals surface area contributed by atoms with Crippen LogP contribution in [-0.2, 0) is 16.1 Å². The summed E-state index contributed by atoms with van der Waals surface area (Å²) in [6.45, 7) is -0.202. The maximum atomic E-state index is 12.1. The van der Waals surface area contributed by atoms with E-state index >= 15 is 0 Å². The van der Waals surface area contributed by atoms with Gasteiger partial charge >= 0.3 is 5.97 Å². The number of aromatic nitrogens is 2. The average Bonchev–Trinajstić information content (AvgIpc) is 3.04. The van der Waals surface area contributed by atoms with Crippen LogP contribution in [0.4, 0.5) is 5.82 Å². The van der Waals surface area contributed by atoms with Crippen LogP contribution in [0.3, 0.4) is 0 Å². The molecule has 0 radical (unpaired) electrons. The summed E-state index contributed by atoms with van der Waals surface area (Å²) in [5, 5.41) is 15.4. The van der Waals surface area contributed by atoms with E-state index in [1.807, 2.05) is 0 Å². The first-order chi connectivity index (χ1) is 9.11. The van der Waals surface area contributed by atoms with Gasteiger partial charge in [-0.2, -0.15) is 5.10 Å². The molecule has 1 amide bonds. The number of hydrogen-bond acceptors (Lipinski definition) is 3. The monoisotopic (exact) mass is 261 g/mol. The van der Waals surface area contributed by atoms with Crippen LogP contribution in [0.1, 0.15) is 12.8 Å². The van der Waals surface area contributed by atoms with E-state index in [0.29, 0.717) is 17.7 Å². The van der Waals surface area contributed by atoms with E-state index in [1.54, 1.807) is 12.3 Å². The van der Waals surface area contributed by atoms with E-state index in [2.05, 4.69) is 22.6 Å². The van der Waals surface area contributed by atoms with Crippen molar-refractivity contribution in [2.75, 3.05) is 5.32 Å². The lowest BCUT2D eigenvalue weighted by Gasteiger charge is -2.16. The lowest BCUT2D eigenvalue weighted by Crippen LogP contribution is -2.26. The van der Waals surface area contributed by atoms with Crippen LogP contribution in [-0.4, -0.2) is 26.8 Å². The van der Waals surface area contributed by atoms with Crippen LogP contribution in [0.2, 0.25) is 0 Å². The molecule has 0 saturated heterocycles. The standard InChI is InChI=1S/C13H15N3O3/c17-12(18)7-16-4-3-11(15-16)14-13(19)10-6-8-1-2-9(10)5-8/h1-4,8-10H,5-7H2,(H,17,18)(H,14,15,19). The third kappa shape index (κ3) is 2.38. The molecule has 1 fully saturated rings. The van der Waals surface area contributed by atoms with Crippen molar-refractivity contribution in [3.05, 3.63) is 24.4 Å². The van der Waals surface area contributed by atoms with Gasteiger partial charge in [0.2, 0.25) is 5.91 Å². The molecule has 3 unspecified atom stereocenters. The van der Waals surface area contributed by atoms with Gasteiger partial charge in [-0.15, -0.1) is 0 Å². The van der Waals surface area contributed by atoms with Crippen LogP contribution < -0.4 is 5.32 Å². The molecule has 2 N–H and O–H groups in total. The van der Waals surface area contributed by atoms with Gasteiger partial charge in [0.05, 0.1) is 0 Å². The first-order valence-electron chi connectivity index (χ1n) is 6.36. The number of hydrogen-bond donors (Lipinski definition) is 2. The zero-order valence-electron chi connectivity index (χ0n) is 10.3. The Morgan fingerprint density at radius 1 is 1.42 bits per heavy atom. The first-order valence-corrected chi connectivity index (χ1v) is 6.36. The molecule has 3 atom stereocenters. The summed E-state index contributed by atoms with van der Waals surface area (Å²) in [6.07, 6.45) is 7.84. The predicted molar refractivity (Wildman–Crippen MR) is 67.3 cm³/mol. The largest absolute Gasteiger partial charge is 0.480 e. The molecular formula is C13H15N3O3. The van der Waals surface area contributed by atoms with Gasteiger partial charge in [0.25, 0.3) is 0 Å². The second-order valence-corrected chi connectivity index (χ2v) is 5.17. The molecule has 0 spiro atoms. The van der Waals surface area contributed by atoms with Gasteiger partial charge in [0, 0.05) is 18.2 Å². The summed E-state index contributed by atoms with van der Waals surface area (Å²) in [5.41, 5.74) is 0. The molecule has 1 saturated carbocycles. The third-order valence-corrected chi connectivity index (χ3v) is 3.80. The highest BCUT2D eigenvalue weighted by Crippen LogP contribution is 2.43. The molecule has 1 aromatic rings. The fourth-order valence-electron chi connectivity index (χ4n) is 2.96. The number of nitrogens with one attached hydrogen (secondary N) is 1. The van der Waals surface area contributed by atoms with E-state index in [4.69, 9.17) is 5.11 Å². The summed E-state index contributed by atoms with van der Waals surface area (Å²) >= 11 is 0. The Morgan fingerprint density at radius 3 is 2.89 bits per heavy atom. The van der Waals surface area contributed by atoms with Crippen LogP contribution >= 0.6 is 0 Å². The Morgan fingerprint density at radius 2 is 2.26 bits per heavy atom. The number of carboxylic acid groups (broad SMARTS) is 1. The fraction of sp³-hybridized carbons (Fsp3) is 0.462. The quantitative estimate of drug-likeness (QED) is 0.795. The molecule has 0 aliphatic heterocycles. The second kappa shape index (κ2) is 4.53. The topological polar surface area (TPSA) is 84.2 Å². The van der Waals surface area contributed by atoms with Crippen molar-refractivity contribution >= 4 is 17.7 Å². The Hall–Kier alpha value is -2.11. The Bertz CT molecular complexity index is 549. The Balaban J connectivity index is 1.62. The summed E-state index contributed by atoms with van der Waals surface area (Å²) in [4.78, 5) is 22.7. The third-order valence-electron chi connectivity index (χ3n) is 3.80. The van der Waals surface area contributed by atoms with Crippen LogP contribution in [0.5, 0.6) is 0 Å². The summed E-state index contributed by atoms with van der Waals surface area (Å²) in [5.74, 6) is 0.366. The number of anilines is 1. The van der Waals surface area contributed by atoms with Gasteiger partial charge in [0.1, 0.15) is 6.54 Å². The number of carbonyl (C=O) groups is 2. The lowest BCUT2D eigenvalue weighted by atomic mass is 9.93. The summed E-state index contributed by atoms with van der Waals surface area (Å²) < 4.78 is 1.29. The smallest absolute Gasteiger partial charge is 0.325 e. The van der Waals surface area contributed by atoms with Crippen LogP contribution in [0.25, 0.3) is 0 Å². The van der Waals surface area contributed by atoms with Crippen molar-refractivity contribution in [3.63, 3.8) is 0 Å². The van der Waals surface area contributed by atoms with E-state index < -0.39 is 5.97 Å². The van der Waals surface area contributed by atoms with Crippen molar-refractivity contribution in [1.29, 1.82) is 0 Å². The number of carboxylic acids is 1. The van der Waals surface area contributed by atoms with Crippen molar-refractivity contribution in [3.8, 4) is 0 Å². The minimum absolute atomic E-state index is 0.0163. The second-order valence-electron chi connectivity index (χ2n) is 5.17. The molecule has 6 heteroatoms. The molecular weight excluding hydrogens is 246 g/mol. The SMILES string of the molecule is O=C(O)Cn1ccc(NC(=O)C2CC3C=CC2C3)n1. The van der Waals surface area contributed by atoms with Crippen LogP contribution in [0.15, 0.2) is 24.4 Å². The minimum Gasteiger partial charge on any atom is -0.480 e. The van der Waals surface area contributed by atoms with E-state index in [1.165, 1.54) is 4.68 Å². The molecule has 0 aromatic carbocycles. The maximum Gasteiger partial charge on any atom is 0.325 e. The van der Waals surface area contributed by atoms with Crippen molar-refractivity contribution in [1.82, 2.24) is 9.78 Å². The molecule has 1 heterocycles. The summed E-state index contributed by atoms with van der Waals surface area (Å²) in [7, 11) is 0. The lowest BCUT2D eigenvalue weighted by molar-refractivity contribution is -0.137. The molecule has 3 rings (SSSR count). The molecule has 1 aromatic heterocycles.